The van der Waals surface area contributed by atoms with Crippen LogP contribution < -0.4 is 5.32 Å². The van der Waals surface area contributed by atoms with Gasteiger partial charge in [0, 0.05) is 6.54 Å². The van der Waals surface area contributed by atoms with Gasteiger partial charge in [-0.15, -0.1) is 0 Å². The van der Waals surface area contributed by atoms with Crippen molar-refractivity contribution >= 4 is 18.5 Å². The van der Waals surface area contributed by atoms with Crippen LogP contribution in [0.5, 0.6) is 0 Å². The first-order chi connectivity index (χ1) is 10.1. The monoisotopic (exact) mass is 303 g/mol. The Bertz CT molecular complexity index is 588. The van der Waals surface area contributed by atoms with Crippen molar-refractivity contribution in [3.63, 3.8) is 0 Å². The summed E-state index contributed by atoms with van der Waals surface area (Å²) in [4.78, 5) is 11.9. The van der Waals surface area contributed by atoms with Crippen LogP contribution in [0.3, 0.4) is 0 Å². The zero-order chi connectivity index (χ0) is 15.1. The molecular formula is C17H18FNOS. The summed E-state index contributed by atoms with van der Waals surface area (Å²) in [5, 5.41) is 2.46. The molecule has 1 amide bonds. The van der Waals surface area contributed by atoms with Gasteiger partial charge in [0.05, 0.1) is 5.25 Å². The third-order valence-corrected chi connectivity index (χ3v) is 3.59. The molecule has 21 heavy (non-hydrogen) atoms. The molecule has 1 N–H and O–H groups in total. The predicted octanol–water partition coefficient (Wildman–Crippen LogP) is 3.03. The molecule has 0 aliphatic carbocycles. The lowest BCUT2D eigenvalue weighted by molar-refractivity contribution is -0.120. The van der Waals surface area contributed by atoms with Gasteiger partial charge in [-0.2, -0.15) is 12.6 Å². The minimum atomic E-state index is -0.375. The second-order valence-corrected chi connectivity index (χ2v) is 5.50. The van der Waals surface area contributed by atoms with Crippen LogP contribution in [-0.2, 0) is 17.6 Å². The van der Waals surface area contributed by atoms with Gasteiger partial charge in [0.2, 0.25) is 5.91 Å². The van der Waals surface area contributed by atoms with Gasteiger partial charge in [0.15, 0.2) is 0 Å². The minimum Gasteiger partial charge on any atom is -0.355 e. The standard InChI is InChI=1S/C17H18FNOS/c18-15-8-4-7-14(11-15)9-10-19-17(20)16(21)12-13-5-2-1-3-6-13/h1-8,11,16,21H,9-10,12H2,(H,19,20). The zero-order valence-corrected chi connectivity index (χ0v) is 12.5. The van der Waals surface area contributed by atoms with Crippen LogP contribution in [0.15, 0.2) is 54.6 Å². The quantitative estimate of drug-likeness (QED) is 0.789. The Kier molecular flexibility index (Phi) is 5.81. The molecule has 2 rings (SSSR count). The molecule has 0 fully saturated rings. The highest BCUT2D eigenvalue weighted by atomic mass is 32.1. The Morgan fingerprint density at radius 2 is 1.81 bits per heavy atom. The van der Waals surface area contributed by atoms with Gasteiger partial charge >= 0.3 is 0 Å². The summed E-state index contributed by atoms with van der Waals surface area (Å²) < 4.78 is 13.0. The van der Waals surface area contributed by atoms with Crippen molar-refractivity contribution in [3.05, 3.63) is 71.5 Å². The average Bonchev–Trinajstić information content (AvgIpc) is 2.48. The first-order valence-electron chi connectivity index (χ1n) is 6.89. The van der Waals surface area contributed by atoms with Crippen LogP contribution in [0.2, 0.25) is 0 Å². The van der Waals surface area contributed by atoms with E-state index >= 15 is 0 Å². The smallest absolute Gasteiger partial charge is 0.233 e. The molecule has 0 saturated heterocycles. The molecule has 0 radical (unpaired) electrons. The van der Waals surface area contributed by atoms with E-state index in [2.05, 4.69) is 17.9 Å². The number of hydrogen-bond donors (Lipinski definition) is 2. The number of carbonyl (C=O) groups is 1. The molecule has 4 heteroatoms. The molecule has 0 heterocycles. The molecule has 1 unspecified atom stereocenters. The molecule has 0 aliphatic heterocycles. The van der Waals surface area contributed by atoms with E-state index in [1.54, 1.807) is 6.07 Å². The highest BCUT2D eigenvalue weighted by Crippen LogP contribution is 2.08. The van der Waals surface area contributed by atoms with Crippen molar-refractivity contribution in [1.29, 1.82) is 0 Å². The van der Waals surface area contributed by atoms with E-state index in [9.17, 15) is 9.18 Å². The molecule has 0 saturated carbocycles. The fourth-order valence-corrected chi connectivity index (χ4v) is 2.37. The summed E-state index contributed by atoms with van der Waals surface area (Å²) >= 11 is 4.34. The van der Waals surface area contributed by atoms with Crippen molar-refractivity contribution in [3.8, 4) is 0 Å². The van der Waals surface area contributed by atoms with Crippen LogP contribution in [0.4, 0.5) is 4.39 Å². The molecule has 0 aromatic heterocycles. The highest BCUT2D eigenvalue weighted by molar-refractivity contribution is 7.81. The summed E-state index contributed by atoms with van der Waals surface area (Å²) in [5.74, 6) is -0.353. The maximum Gasteiger partial charge on any atom is 0.233 e. The molecular weight excluding hydrogens is 285 g/mol. The van der Waals surface area contributed by atoms with Gasteiger partial charge in [-0.25, -0.2) is 4.39 Å². The largest absolute Gasteiger partial charge is 0.355 e. The van der Waals surface area contributed by atoms with Crippen LogP contribution in [0, 0.1) is 5.82 Å². The number of nitrogens with one attached hydrogen (secondary N) is 1. The van der Waals surface area contributed by atoms with Crippen LogP contribution in [-0.4, -0.2) is 17.7 Å². The fraction of sp³-hybridized carbons (Fsp3) is 0.235. The van der Waals surface area contributed by atoms with E-state index in [0.29, 0.717) is 19.4 Å². The molecule has 1 atom stereocenters. The topological polar surface area (TPSA) is 29.1 Å². The van der Waals surface area contributed by atoms with Crippen molar-refractivity contribution in [2.24, 2.45) is 0 Å². The third-order valence-electron chi connectivity index (χ3n) is 3.18. The lowest BCUT2D eigenvalue weighted by atomic mass is 10.1. The first kappa shape index (κ1) is 15.6. The van der Waals surface area contributed by atoms with E-state index in [-0.39, 0.29) is 17.0 Å². The summed E-state index contributed by atoms with van der Waals surface area (Å²) in [6.45, 7) is 0.480. The summed E-state index contributed by atoms with van der Waals surface area (Å²) in [6.07, 6.45) is 1.20. The fourth-order valence-electron chi connectivity index (χ4n) is 2.07. The van der Waals surface area contributed by atoms with E-state index < -0.39 is 0 Å². The second-order valence-electron chi connectivity index (χ2n) is 4.88. The number of hydrogen-bond acceptors (Lipinski definition) is 2. The van der Waals surface area contributed by atoms with E-state index in [1.165, 1.54) is 12.1 Å². The normalized spacial score (nSPS) is 11.9. The van der Waals surface area contributed by atoms with Gasteiger partial charge in [-0.3, -0.25) is 4.79 Å². The lowest BCUT2D eigenvalue weighted by Crippen LogP contribution is -2.34. The van der Waals surface area contributed by atoms with Crippen molar-refractivity contribution in [1.82, 2.24) is 5.32 Å². The summed E-state index contributed by atoms with van der Waals surface area (Å²) in [5.41, 5.74) is 1.95. The molecule has 110 valence electrons. The molecule has 2 aromatic rings. The number of carbonyl (C=O) groups excluding carboxylic acids is 1. The average molecular weight is 303 g/mol. The number of rotatable bonds is 6. The Balaban J connectivity index is 1.76. The molecule has 0 bridgehead atoms. The van der Waals surface area contributed by atoms with Crippen molar-refractivity contribution in [2.45, 2.75) is 18.1 Å². The second kappa shape index (κ2) is 7.84. The minimum absolute atomic E-state index is 0.0985. The first-order valence-corrected chi connectivity index (χ1v) is 7.41. The van der Waals surface area contributed by atoms with E-state index in [1.807, 2.05) is 36.4 Å². The SMILES string of the molecule is O=C(NCCc1cccc(F)c1)C(S)Cc1ccccc1. The lowest BCUT2D eigenvalue weighted by Gasteiger charge is -2.11. The Hall–Kier alpha value is -1.81. The number of thiol groups is 1. The van der Waals surface area contributed by atoms with Crippen molar-refractivity contribution in [2.75, 3.05) is 6.54 Å². The third kappa shape index (κ3) is 5.23. The van der Waals surface area contributed by atoms with Gasteiger partial charge in [-0.05, 0) is 36.1 Å². The molecule has 0 aliphatic rings. The Morgan fingerprint density at radius 1 is 1.10 bits per heavy atom. The molecule has 2 nitrogen and oxygen atoms in total. The van der Waals surface area contributed by atoms with Gasteiger partial charge in [-0.1, -0.05) is 42.5 Å². The van der Waals surface area contributed by atoms with Crippen LogP contribution in [0.25, 0.3) is 0 Å². The summed E-state index contributed by atoms with van der Waals surface area (Å²) in [6, 6.07) is 16.2. The summed E-state index contributed by atoms with van der Waals surface area (Å²) in [7, 11) is 0. The van der Waals surface area contributed by atoms with E-state index in [0.717, 1.165) is 11.1 Å². The number of benzene rings is 2. The predicted molar refractivity (Wildman–Crippen MR) is 86.0 cm³/mol. The maximum atomic E-state index is 13.0. The molecule has 2 aromatic carbocycles. The Morgan fingerprint density at radius 3 is 2.52 bits per heavy atom. The van der Waals surface area contributed by atoms with E-state index in [4.69, 9.17) is 0 Å². The Labute approximate surface area is 129 Å². The zero-order valence-electron chi connectivity index (χ0n) is 11.6. The molecule has 0 spiro atoms. The van der Waals surface area contributed by atoms with Crippen molar-refractivity contribution < 1.29 is 9.18 Å². The van der Waals surface area contributed by atoms with Crippen LogP contribution >= 0.6 is 12.6 Å². The number of halogens is 1. The van der Waals surface area contributed by atoms with Crippen LogP contribution in [0.1, 0.15) is 11.1 Å². The van der Waals surface area contributed by atoms with Gasteiger partial charge < -0.3 is 5.32 Å². The van der Waals surface area contributed by atoms with Gasteiger partial charge in [0.25, 0.3) is 0 Å². The maximum absolute atomic E-state index is 13.0. The highest BCUT2D eigenvalue weighted by Gasteiger charge is 2.13. The number of amides is 1. The van der Waals surface area contributed by atoms with Gasteiger partial charge in [0.1, 0.15) is 5.82 Å².